The molecule has 1 aliphatic heterocycles. The Morgan fingerprint density at radius 1 is 1.39 bits per heavy atom. The molecule has 0 saturated carbocycles. The number of carbonyl (C=O) groups is 1. The standard InChI is InChI=1S/C16H21F3N2O2/c1-11(21-8-2-3-12(9-21)10-22)15(23)20-14-6-4-13(5-7-14)16(17,18)19/h4-7,11-12,22H,2-3,8-10H2,1H3,(H,20,23). The minimum absolute atomic E-state index is 0.101. The van der Waals surface area contributed by atoms with Crippen LogP contribution in [0, 0.1) is 5.92 Å². The maximum atomic E-state index is 12.5. The summed E-state index contributed by atoms with van der Waals surface area (Å²) in [6.07, 6.45) is -2.52. The van der Waals surface area contributed by atoms with Gasteiger partial charge in [0.05, 0.1) is 11.6 Å². The highest BCUT2D eigenvalue weighted by molar-refractivity contribution is 5.94. The van der Waals surface area contributed by atoms with Gasteiger partial charge in [0.2, 0.25) is 5.91 Å². The number of hydrogen-bond acceptors (Lipinski definition) is 3. The third kappa shape index (κ3) is 4.68. The highest BCUT2D eigenvalue weighted by Crippen LogP contribution is 2.29. The molecule has 1 heterocycles. The molecular weight excluding hydrogens is 309 g/mol. The molecule has 4 nitrogen and oxygen atoms in total. The molecular formula is C16H21F3N2O2. The van der Waals surface area contributed by atoms with Crippen LogP contribution < -0.4 is 5.32 Å². The molecule has 1 aliphatic rings. The molecule has 2 rings (SSSR count). The van der Waals surface area contributed by atoms with Gasteiger partial charge >= 0.3 is 6.18 Å². The summed E-state index contributed by atoms with van der Waals surface area (Å²) in [7, 11) is 0. The van der Waals surface area contributed by atoms with E-state index in [9.17, 15) is 23.1 Å². The number of likely N-dealkylation sites (tertiary alicyclic amines) is 1. The van der Waals surface area contributed by atoms with E-state index in [0.29, 0.717) is 12.2 Å². The van der Waals surface area contributed by atoms with E-state index < -0.39 is 17.8 Å². The molecule has 2 N–H and O–H groups in total. The van der Waals surface area contributed by atoms with Gasteiger partial charge in [0.15, 0.2) is 0 Å². The molecule has 0 aromatic heterocycles. The second kappa shape index (κ2) is 7.31. The van der Waals surface area contributed by atoms with Crippen molar-refractivity contribution in [2.75, 3.05) is 25.0 Å². The van der Waals surface area contributed by atoms with Gasteiger partial charge in [-0.05, 0) is 56.5 Å². The molecule has 128 valence electrons. The summed E-state index contributed by atoms with van der Waals surface area (Å²) in [5, 5.41) is 11.9. The summed E-state index contributed by atoms with van der Waals surface area (Å²) in [5.74, 6) is -0.0894. The molecule has 0 bridgehead atoms. The zero-order valence-corrected chi connectivity index (χ0v) is 12.9. The molecule has 23 heavy (non-hydrogen) atoms. The first-order chi connectivity index (χ1) is 10.8. The lowest BCUT2D eigenvalue weighted by Gasteiger charge is -2.35. The summed E-state index contributed by atoms with van der Waals surface area (Å²) in [6, 6.07) is 4.00. The van der Waals surface area contributed by atoms with E-state index >= 15 is 0 Å². The van der Waals surface area contributed by atoms with E-state index in [-0.39, 0.29) is 18.4 Å². The number of nitrogens with zero attached hydrogens (tertiary/aromatic N) is 1. The van der Waals surface area contributed by atoms with Gasteiger partial charge in [0, 0.05) is 18.8 Å². The number of piperidine rings is 1. The minimum atomic E-state index is -4.39. The molecule has 0 aliphatic carbocycles. The van der Waals surface area contributed by atoms with Crippen LogP contribution in [-0.4, -0.2) is 41.7 Å². The number of rotatable bonds is 4. The van der Waals surface area contributed by atoms with Gasteiger partial charge in [-0.2, -0.15) is 13.2 Å². The van der Waals surface area contributed by atoms with Crippen LogP contribution in [0.4, 0.5) is 18.9 Å². The number of anilines is 1. The molecule has 1 aromatic carbocycles. The predicted octanol–water partition coefficient (Wildman–Crippen LogP) is 2.74. The van der Waals surface area contributed by atoms with Crippen molar-refractivity contribution < 1.29 is 23.1 Å². The first-order valence-electron chi connectivity index (χ1n) is 7.64. The smallest absolute Gasteiger partial charge is 0.396 e. The van der Waals surface area contributed by atoms with Gasteiger partial charge in [-0.25, -0.2) is 0 Å². The van der Waals surface area contributed by atoms with E-state index in [2.05, 4.69) is 5.32 Å². The Balaban J connectivity index is 1.95. The quantitative estimate of drug-likeness (QED) is 0.892. The third-order valence-corrected chi connectivity index (χ3v) is 4.22. The predicted molar refractivity (Wildman–Crippen MR) is 80.9 cm³/mol. The van der Waals surface area contributed by atoms with E-state index in [4.69, 9.17) is 0 Å². The summed E-state index contributed by atoms with van der Waals surface area (Å²) in [5.41, 5.74) is -0.407. The summed E-state index contributed by atoms with van der Waals surface area (Å²) < 4.78 is 37.5. The monoisotopic (exact) mass is 330 g/mol. The second-order valence-corrected chi connectivity index (χ2v) is 5.93. The van der Waals surface area contributed by atoms with Crippen molar-refractivity contribution in [1.82, 2.24) is 4.90 Å². The average molecular weight is 330 g/mol. The maximum absolute atomic E-state index is 12.5. The lowest BCUT2D eigenvalue weighted by molar-refractivity contribution is -0.137. The first kappa shape index (κ1) is 17.7. The van der Waals surface area contributed by atoms with Crippen LogP contribution in [0.2, 0.25) is 0 Å². The molecule has 1 amide bonds. The van der Waals surface area contributed by atoms with Crippen molar-refractivity contribution in [2.45, 2.75) is 32.0 Å². The number of carbonyl (C=O) groups excluding carboxylic acids is 1. The summed E-state index contributed by atoms with van der Waals surface area (Å²) in [6.45, 7) is 3.29. The molecule has 0 radical (unpaired) electrons. The molecule has 0 spiro atoms. The molecule has 7 heteroatoms. The van der Waals surface area contributed by atoms with Crippen molar-refractivity contribution in [2.24, 2.45) is 5.92 Å². The minimum Gasteiger partial charge on any atom is -0.396 e. The zero-order chi connectivity index (χ0) is 17.0. The van der Waals surface area contributed by atoms with Crippen molar-refractivity contribution in [3.05, 3.63) is 29.8 Å². The van der Waals surface area contributed by atoms with Crippen LogP contribution in [0.1, 0.15) is 25.3 Å². The van der Waals surface area contributed by atoms with E-state index in [0.717, 1.165) is 31.5 Å². The van der Waals surface area contributed by atoms with Gasteiger partial charge in [0.1, 0.15) is 0 Å². The molecule has 1 saturated heterocycles. The molecule has 1 fully saturated rings. The second-order valence-electron chi connectivity index (χ2n) is 5.93. The fraction of sp³-hybridized carbons (Fsp3) is 0.562. The summed E-state index contributed by atoms with van der Waals surface area (Å²) in [4.78, 5) is 14.2. The van der Waals surface area contributed by atoms with Crippen molar-refractivity contribution >= 4 is 11.6 Å². The van der Waals surface area contributed by atoms with Crippen molar-refractivity contribution in [3.8, 4) is 0 Å². The van der Waals surface area contributed by atoms with Gasteiger partial charge in [-0.15, -0.1) is 0 Å². The Hall–Kier alpha value is -1.60. The van der Waals surface area contributed by atoms with Gasteiger partial charge in [0.25, 0.3) is 0 Å². The Morgan fingerprint density at radius 3 is 2.61 bits per heavy atom. The van der Waals surface area contributed by atoms with E-state index in [1.807, 2.05) is 4.90 Å². The average Bonchev–Trinajstić information content (AvgIpc) is 2.53. The Kier molecular flexibility index (Phi) is 5.64. The number of aliphatic hydroxyl groups is 1. The lowest BCUT2D eigenvalue weighted by Crippen LogP contribution is -2.47. The number of benzene rings is 1. The lowest BCUT2D eigenvalue weighted by atomic mass is 9.97. The van der Waals surface area contributed by atoms with Crippen LogP contribution >= 0.6 is 0 Å². The van der Waals surface area contributed by atoms with Gasteiger partial charge < -0.3 is 10.4 Å². The number of alkyl halides is 3. The number of nitrogens with one attached hydrogen (secondary N) is 1. The number of hydrogen-bond donors (Lipinski definition) is 2. The number of aliphatic hydroxyl groups excluding tert-OH is 1. The zero-order valence-electron chi connectivity index (χ0n) is 12.9. The van der Waals surface area contributed by atoms with Crippen LogP contribution in [-0.2, 0) is 11.0 Å². The van der Waals surface area contributed by atoms with Gasteiger partial charge in [-0.1, -0.05) is 0 Å². The summed E-state index contributed by atoms with van der Waals surface area (Å²) >= 11 is 0. The maximum Gasteiger partial charge on any atom is 0.416 e. The van der Waals surface area contributed by atoms with Crippen LogP contribution in [0.5, 0.6) is 0 Å². The topological polar surface area (TPSA) is 52.6 Å². The fourth-order valence-corrected chi connectivity index (χ4v) is 2.75. The third-order valence-electron chi connectivity index (χ3n) is 4.22. The first-order valence-corrected chi connectivity index (χ1v) is 7.64. The highest BCUT2D eigenvalue weighted by atomic mass is 19.4. The Morgan fingerprint density at radius 2 is 2.04 bits per heavy atom. The normalized spacial score (nSPS) is 21.0. The van der Waals surface area contributed by atoms with Crippen LogP contribution in [0.25, 0.3) is 0 Å². The van der Waals surface area contributed by atoms with E-state index in [1.165, 1.54) is 12.1 Å². The van der Waals surface area contributed by atoms with Crippen molar-refractivity contribution in [1.29, 1.82) is 0 Å². The SMILES string of the molecule is CC(C(=O)Nc1ccc(C(F)(F)F)cc1)N1CCCC(CO)C1. The Labute approximate surface area is 133 Å². The van der Waals surface area contributed by atoms with Gasteiger partial charge in [-0.3, -0.25) is 9.69 Å². The Bertz CT molecular complexity index is 531. The van der Waals surface area contributed by atoms with Crippen molar-refractivity contribution in [3.63, 3.8) is 0 Å². The fourth-order valence-electron chi connectivity index (χ4n) is 2.75. The number of halogens is 3. The van der Waals surface area contributed by atoms with Crippen LogP contribution in [0.3, 0.4) is 0 Å². The largest absolute Gasteiger partial charge is 0.416 e. The highest BCUT2D eigenvalue weighted by Gasteiger charge is 2.30. The molecule has 2 atom stereocenters. The molecule has 2 unspecified atom stereocenters. The van der Waals surface area contributed by atoms with Crippen LogP contribution in [0.15, 0.2) is 24.3 Å². The molecule has 1 aromatic rings. The number of amides is 1. The van der Waals surface area contributed by atoms with E-state index in [1.54, 1.807) is 6.92 Å².